The highest BCUT2D eigenvalue weighted by atomic mass is 32.2. The summed E-state index contributed by atoms with van der Waals surface area (Å²) in [5, 5.41) is 25.4. The van der Waals surface area contributed by atoms with Crippen molar-refractivity contribution in [2.45, 2.75) is 190 Å². The van der Waals surface area contributed by atoms with E-state index in [1.165, 1.54) is 16.8 Å². The molecule has 2 aliphatic heterocycles. The van der Waals surface area contributed by atoms with Crippen molar-refractivity contribution in [3.8, 4) is 0 Å². The van der Waals surface area contributed by atoms with Crippen molar-refractivity contribution in [3.05, 3.63) is 71.8 Å². The van der Waals surface area contributed by atoms with E-state index in [1.807, 2.05) is 0 Å². The Morgan fingerprint density at radius 2 is 1.04 bits per heavy atom. The zero-order valence-electron chi connectivity index (χ0n) is 59.2. The third-order valence-corrected chi connectivity index (χ3v) is 17.7. The predicted octanol–water partition coefficient (Wildman–Crippen LogP) is -4.05. The van der Waals surface area contributed by atoms with Crippen LogP contribution < -0.4 is 77.4 Å². The second-order valence-corrected chi connectivity index (χ2v) is 28.3. The quantitative estimate of drug-likeness (QED) is 0.0171. The van der Waals surface area contributed by atoms with Gasteiger partial charge < -0.3 is 97.2 Å². The minimum atomic E-state index is -5.08. The molecule has 35 nitrogen and oxygen atoms in total. The molecular formula is C66H101F3N18O17S. The summed E-state index contributed by atoms with van der Waals surface area (Å²) in [5.41, 5.74) is 40.5. The van der Waals surface area contributed by atoms with Crippen LogP contribution in [0.25, 0.3) is 0 Å². The van der Waals surface area contributed by atoms with Crippen LogP contribution in [0.1, 0.15) is 121 Å². The van der Waals surface area contributed by atoms with E-state index in [9.17, 15) is 83.9 Å². The van der Waals surface area contributed by atoms with Crippen molar-refractivity contribution in [1.82, 2.24) is 51.9 Å². The molecule has 2 heterocycles. The number of rotatable bonds is 42. The molecule has 10 atom stereocenters. The number of nitrogens with two attached hydrogens (primary N) is 7. The Morgan fingerprint density at radius 1 is 0.590 bits per heavy atom. The second-order valence-electron chi connectivity index (χ2n) is 26.0. The predicted molar refractivity (Wildman–Crippen MR) is 375 cm³/mol. The summed E-state index contributed by atoms with van der Waals surface area (Å²) in [4.78, 5) is 196. The number of guanidine groups is 1. The van der Waals surface area contributed by atoms with Gasteiger partial charge in [0.2, 0.25) is 76.8 Å². The fourth-order valence-electron chi connectivity index (χ4n) is 11.4. The Morgan fingerprint density at radius 3 is 1.50 bits per heavy atom. The van der Waals surface area contributed by atoms with Crippen LogP contribution in [0.15, 0.2) is 65.7 Å². The van der Waals surface area contributed by atoms with E-state index in [4.69, 9.17) is 50.0 Å². The number of aliphatic imine (C=N–C) groups is 1. The lowest BCUT2D eigenvalue weighted by Gasteiger charge is -2.32. The summed E-state index contributed by atoms with van der Waals surface area (Å²) in [6, 6.07) is 3.62. The molecule has 2 saturated heterocycles. The first kappa shape index (κ1) is 89.2. The van der Waals surface area contributed by atoms with Gasteiger partial charge >= 0.3 is 12.1 Å². The van der Waals surface area contributed by atoms with Crippen LogP contribution in [0, 0.1) is 5.92 Å². The van der Waals surface area contributed by atoms with Crippen molar-refractivity contribution in [2.24, 2.45) is 51.0 Å². The molecule has 2 fully saturated rings. The van der Waals surface area contributed by atoms with Crippen molar-refractivity contribution in [3.63, 3.8) is 0 Å². The number of carboxylic acid groups (broad SMARTS) is 1. The van der Waals surface area contributed by atoms with E-state index in [2.05, 4.69) is 42.2 Å². The number of nitrogens with zero attached hydrogens (tertiary/aromatic N) is 4. The Hall–Kier alpha value is -10.0. The highest BCUT2D eigenvalue weighted by Crippen LogP contribution is 2.24. The van der Waals surface area contributed by atoms with Crippen LogP contribution in [0.2, 0.25) is 0 Å². The molecule has 0 unspecified atom stereocenters. The number of benzene rings is 2. The zero-order chi connectivity index (χ0) is 78.9. The Bertz CT molecular complexity index is 3470. The van der Waals surface area contributed by atoms with Crippen molar-refractivity contribution < 1.29 is 93.8 Å². The molecule has 584 valence electrons. The number of alkyl halides is 3. The monoisotopic (exact) mass is 1510 g/mol. The molecular weight excluding hydrogens is 1410 g/mol. The summed E-state index contributed by atoms with van der Waals surface area (Å²) in [7, 11) is -2.28. The lowest BCUT2D eigenvalue weighted by atomic mass is 10.0. The van der Waals surface area contributed by atoms with Gasteiger partial charge in [0.1, 0.15) is 64.2 Å². The zero-order valence-corrected chi connectivity index (χ0v) is 60.1. The molecule has 22 N–H and O–H groups in total. The molecule has 0 saturated carbocycles. The number of halogens is 3. The maximum Gasteiger partial charge on any atom is 0.490 e. The number of likely N-dealkylation sites (N-methyl/N-ethyl adjacent to an activating group) is 1. The van der Waals surface area contributed by atoms with Gasteiger partial charge in [-0.05, 0) is 107 Å². The van der Waals surface area contributed by atoms with Crippen molar-refractivity contribution in [2.75, 3.05) is 51.8 Å². The average molecular weight is 1510 g/mol. The van der Waals surface area contributed by atoms with Crippen molar-refractivity contribution in [1.29, 1.82) is 0 Å². The van der Waals surface area contributed by atoms with Crippen LogP contribution in [0.4, 0.5) is 13.2 Å². The SMILES string of the molecule is CC(C)C[C@H](NC(=O)CN(C)C(=O)[C@H](Cc1ccccc1)NC(=O)[C@H](Cc1ccccc1)NC(=O)[C@H](CCC(N)=O)NC(=O)[C@H](CCC(N)=O)NC(=O)[C@@H]1CCCN1C(=O)[C@H](CCCCN)NC(=O)[C@@H]1CCCN1C(=O)[C@@H](N)CCCN=C(N)N)C(=O)N[C@@H](CCS(C)(=O)=O)C(N)=O.O=C(O)C(F)(F)F. The summed E-state index contributed by atoms with van der Waals surface area (Å²) in [6.07, 6.45) is -3.77. The first-order valence-corrected chi connectivity index (χ1v) is 36.2. The highest BCUT2D eigenvalue weighted by molar-refractivity contribution is 7.90. The molecule has 4 rings (SSSR count). The van der Waals surface area contributed by atoms with Gasteiger partial charge in [-0.1, -0.05) is 74.5 Å². The molecule has 0 radical (unpaired) electrons. The number of likely N-dealkylation sites (tertiary alicyclic amines) is 2. The number of carbonyl (C=O) groups excluding carboxylic acids is 13. The fourth-order valence-corrected chi connectivity index (χ4v) is 12.0. The fraction of sp³-hybridized carbons (Fsp3) is 0.591. The van der Waals surface area contributed by atoms with Crippen LogP contribution >= 0.6 is 0 Å². The third kappa shape index (κ3) is 32.7. The largest absolute Gasteiger partial charge is 0.490 e. The van der Waals surface area contributed by atoms with Gasteiger partial charge in [-0.2, -0.15) is 13.2 Å². The number of carboxylic acids is 1. The topological polar surface area (TPSA) is 582 Å². The van der Waals surface area contributed by atoms with Gasteiger partial charge in [0.25, 0.3) is 0 Å². The molecule has 2 aromatic rings. The summed E-state index contributed by atoms with van der Waals surface area (Å²) >= 11 is 0. The molecule has 0 aromatic heterocycles. The number of sulfone groups is 1. The molecule has 13 amide bonds. The van der Waals surface area contributed by atoms with E-state index in [-0.39, 0.29) is 83.0 Å². The number of amides is 13. The Labute approximate surface area is 606 Å². The number of primary amides is 3. The summed E-state index contributed by atoms with van der Waals surface area (Å²) in [6.45, 7) is 3.68. The van der Waals surface area contributed by atoms with Gasteiger partial charge in [-0.25, -0.2) is 13.2 Å². The smallest absolute Gasteiger partial charge is 0.475 e. The number of hydrogen-bond acceptors (Lipinski definition) is 19. The molecule has 0 spiro atoms. The van der Waals surface area contributed by atoms with Gasteiger partial charge in [0.05, 0.1) is 18.3 Å². The summed E-state index contributed by atoms with van der Waals surface area (Å²) in [5.74, 6) is -14.3. The van der Waals surface area contributed by atoms with Gasteiger partial charge in [0.15, 0.2) is 5.96 Å². The molecule has 2 aliphatic rings. The Kier molecular flexibility index (Phi) is 37.3. The molecule has 2 aromatic carbocycles. The highest BCUT2D eigenvalue weighted by Gasteiger charge is 2.43. The van der Waals surface area contributed by atoms with Crippen molar-refractivity contribution >= 4 is 98.6 Å². The second kappa shape index (κ2) is 43.9. The third-order valence-electron chi connectivity index (χ3n) is 16.8. The molecule has 105 heavy (non-hydrogen) atoms. The maximum absolute atomic E-state index is 14.8. The molecule has 39 heteroatoms. The van der Waals surface area contributed by atoms with E-state index >= 15 is 0 Å². The lowest BCUT2D eigenvalue weighted by Crippen LogP contribution is -2.60. The number of nitrogens with one attached hydrogen (secondary N) is 7. The maximum atomic E-state index is 14.8. The van der Waals surface area contributed by atoms with E-state index < -0.39 is 197 Å². The minimum Gasteiger partial charge on any atom is -0.475 e. The van der Waals surface area contributed by atoms with E-state index in [1.54, 1.807) is 74.5 Å². The average Bonchev–Trinajstić information content (AvgIpc) is 1.73. The van der Waals surface area contributed by atoms with Crippen LogP contribution in [-0.2, 0) is 89.8 Å². The molecule has 0 bridgehead atoms. The van der Waals surface area contributed by atoms with Gasteiger partial charge in [-0.15, -0.1) is 0 Å². The number of hydrogen-bond donors (Lipinski definition) is 15. The first-order chi connectivity index (χ1) is 49.2. The van der Waals surface area contributed by atoms with E-state index in [0.717, 1.165) is 11.2 Å². The van der Waals surface area contributed by atoms with Crippen LogP contribution in [0.3, 0.4) is 0 Å². The van der Waals surface area contributed by atoms with E-state index in [0.29, 0.717) is 49.7 Å². The normalized spacial score (nSPS) is 16.5. The summed E-state index contributed by atoms with van der Waals surface area (Å²) < 4.78 is 55.4. The van der Waals surface area contributed by atoms with Gasteiger partial charge in [-0.3, -0.25) is 67.3 Å². The molecule has 0 aliphatic carbocycles. The standard InChI is InChI=1S/C64H100N18O15S.C2HF3O2/c1-38(2)34-46(57(89)74-42(54(69)86)28-33-98(4,96)97)73-53(85)37-80(3)62(94)48(36-40-18-9-6-10-19-40)79-58(90)47(35-39-16-7-5-8-17-39)78-56(88)43(24-26-51(67)83)75-55(87)44(25-27-52(68)84)76-59(91)50-23-15-32-82(50)63(95)45(21-11-12-29-65)77-60(92)49-22-14-31-81(49)61(93)41(66)20-13-30-72-64(70)71;3-2(4,5)1(6)7/h5-10,16-19,38,41-50H,11-15,20-37,65-66H2,1-4H3,(H2,67,83)(H2,68,84)(H2,69,86)(H,73,85)(H,74,89)(H,75,87)(H,76,91)(H,77,92)(H,78,88)(H,79,90)(H4,70,71,72);(H,6,7)/t41-,42-,43-,44-,45-,46-,47-,48-,49-,50-;/m0./s1. The number of unbranched alkanes of at least 4 members (excludes halogenated alkanes) is 1. The number of carbonyl (C=O) groups is 14. The lowest BCUT2D eigenvalue weighted by molar-refractivity contribution is -0.192. The van der Waals surface area contributed by atoms with Gasteiger partial charge in [0, 0.05) is 58.6 Å². The minimum absolute atomic E-state index is 0.0509. The van der Waals surface area contributed by atoms with Crippen LogP contribution in [0.5, 0.6) is 0 Å². The first-order valence-electron chi connectivity index (χ1n) is 34.1. The Balaban J connectivity index is 0.00000388. The van der Waals surface area contributed by atoms with Crippen LogP contribution in [-0.4, -0.2) is 235 Å². The number of aliphatic carboxylic acids is 1.